The Labute approximate surface area is 126 Å². The van der Waals surface area contributed by atoms with Gasteiger partial charge in [0.05, 0.1) is 6.61 Å². The van der Waals surface area contributed by atoms with Crippen LogP contribution in [0.4, 0.5) is 4.79 Å². The van der Waals surface area contributed by atoms with Crippen LogP contribution in [0.1, 0.15) is 37.7 Å². The predicted molar refractivity (Wildman–Crippen MR) is 82.3 cm³/mol. The quantitative estimate of drug-likeness (QED) is 0.873. The van der Waals surface area contributed by atoms with Crippen molar-refractivity contribution in [2.45, 2.75) is 44.7 Å². The summed E-state index contributed by atoms with van der Waals surface area (Å²) in [6.45, 7) is 1.32. The minimum atomic E-state index is 0.0108. The molecule has 0 heterocycles. The minimum absolute atomic E-state index is 0.0108. The van der Waals surface area contributed by atoms with E-state index in [-0.39, 0.29) is 6.03 Å². The summed E-state index contributed by atoms with van der Waals surface area (Å²) in [7, 11) is 1.88. The smallest absolute Gasteiger partial charge is 0.317 e. The summed E-state index contributed by atoms with van der Waals surface area (Å²) in [5.41, 5.74) is 1.05. The number of nitrogens with zero attached hydrogens (tertiary/aromatic N) is 1. The average Bonchev–Trinajstić information content (AvgIpc) is 3.25. The van der Waals surface area contributed by atoms with E-state index in [9.17, 15) is 4.79 Å². The summed E-state index contributed by atoms with van der Waals surface area (Å²) in [4.78, 5) is 13.9. The number of rotatable bonds is 6. The van der Waals surface area contributed by atoms with Gasteiger partial charge >= 0.3 is 6.03 Å². The molecule has 0 spiro atoms. The van der Waals surface area contributed by atoms with Crippen molar-refractivity contribution in [3.05, 3.63) is 29.8 Å². The second kappa shape index (κ2) is 6.37. The first kappa shape index (κ1) is 14.2. The van der Waals surface area contributed by atoms with E-state index < -0.39 is 0 Å². The Morgan fingerprint density at radius 1 is 1.29 bits per heavy atom. The molecule has 3 rings (SSSR count). The van der Waals surface area contributed by atoms with E-state index in [0.717, 1.165) is 36.7 Å². The zero-order valence-electron chi connectivity index (χ0n) is 12.7. The first-order valence-electron chi connectivity index (χ1n) is 7.95. The largest absolute Gasteiger partial charge is 0.493 e. The lowest BCUT2D eigenvalue weighted by atomic mass is 9.92. The number of para-hydroxylation sites is 1. The standard InChI is InChI=1S/C17H24N2O2/c1-19(15-6-4-7-15)17(20)18-11-14-5-2-3-8-16(14)21-12-13-9-10-13/h2-3,5,8,13,15H,4,6-7,9-12H2,1H3,(H,18,20). The van der Waals surface area contributed by atoms with Crippen LogP contribution in [0, 0.1) is 5.92 Å². The van der Waals surface area contributed by atoms with Crippen molar-refractivity contribution in [1.29, 1.82) is 0 Å². The molecule has 1 N–H and O–H groups in total. The summed E-state index contributed by atoms with van der Waals surface area (Å²) in [6.07, 6.45) is 6.06. The molecule has 0 aliphatic heterocycles. The van der Waals surface area contributed by atoms with Crippen molar-refractivity contribution in [3.8, 4) is 5.75 Å². The summed E-state index contributed by atoms with van der Waals surface area (Å²) >= 11 is 0. The van der Waals surface area contributed by atoms with Gasteiger partial charge in [-0.2, -0.15) is 0 Å². The SMILES string of the molecule is CN(C(=O)NCc1ccccc1OCC1CC1)C1CCC1. The van der Waals surface area contributed by atoms with E-state index in [1.165, 1.54) is 19.3 Å². The van der Waals surface area contributed by atoms with Gasteiger partial charge in [0, 0.05) is 25.2 Å². The second-order valence-corrected chi connectivity index (χ2v) is 6.22. The molecule has 0 atom stereocenters. The number of nitrogens with one attached hydrogen (secondary N) is 1. The molecule has 21 heavy (non-hydrogen) atoms. The van der Waals surface area contributed by atoms with Crippen LogP contribution in [-0.4, -0.2) is 30.6 Å². The summed E-state index contributed by atoms with van der Waals surface area (Å²) in [5, 5.41) is 3.00. The molecule has 2 saturated carbocycles. The molecule has 2 aliphatic rings. The maximum absolute atomic E-state index is 12.1. The lowest BCUT2D eigenvalue weighted by Gasteiger charge is -2.34. The maximum atomic E-state index is 12.1. The lowest BCUT2D eigenvalue weighted by Crippen LogP contribution is -2.46. The molecule has 0 aromatic heterocycles. The number of ether oxygens (including phenoxy) is 1. The van der Waals surface area contributed by atoms with Crippen LogP contribution in [0.25, 0.3) is 0 Å². The molecule has 0 bridgehead atoms. The highest BCUT2D eigenvalue weighted by atomic mass is 16.5. The highest BCUT2D eigenvalue weighted by Gasteiger charge is 2.25. The minimum Gasteiger partial charge on any atom is -0.493 e. The maximum Gasteiger partial charge on any atom is 0.317 e. The van der Waals surface area contributed by atoms with E-state index in [1.807, 2.05) is 36.2 Å². The Kier molecular flexibility index (Phi) is 4.32. The highest BCUT2D eigenvalue weighted by Crippen LogP contribution is 2.30. The predicted octanol–water partition coefficient (Wildman–Crippen LogP) is 3.17. The third kappa shape index (κ3) is 3.69. The molecule has 0 unspecified atom stereocenters. The molecule has 2 fully saturated rings. The summed E-state index contributed by atoms with van der Waals surface area (Å²) in [6, 6.07) is 8.41. The third-order valence-corrected chi connectivity index (χ3v) is 4.52. The van der Waals surface area contributed by atoms with Gasteiger partial charge in [0.15, 0.2) is 0 Å². The monoisotopic (exact) mass is 288 g/mol. The summed E-state index contributed by atoms with van der Waals surface area (Å²) in [5.74, 6) is 1.63. The fourth-order valence-corrected chi connectivity index (χ4v) is 2.52. The molecule has 2 amide bonds. The van der Waals surface area contributed by atoms with Gasteiger partial charge in [-0.1, -0.05) is 18.2 Å². The van der Waals surface area contributed by atoms with Gasteiger partial charge in [-0.05, 0) is 44.1 Å². The van der Waals surface area contributed by atoms with Crippen LogP contribution in [0.15, 0.2) is 24.3 Å². The molecule has 2 aliphatic carbocycles. The zero-order valence-corrected chi connectivity index (χ0v) is 12.7. The fraction of sp³-hybridized carbons (Fsp3) is 0.588. The molecule has 4 nitrogen and oxygen atoms in total. The Bertz CT molecular complexity index is 495. The van der Waals surface area contributed by atoms with Crippen molar-refractivity contribution < 1.29 is 9.53 Å². The normalized spacial score (nSPS) is 18.0. The average molecular weight is 288 g/mol. The van der Waals surface area contributed by atoms with Crippen LogP contribution in [0.5, 0.6) is 5.75 Å². The van der Waals surface area contributed by atoms with Gasteiger partial charge in [0.1, 0.15) is 5.75 Å². The number of benzene rings is 1. The van der Waals surface area contributed by atoms with Crippen molar-refractivity contribution >= 4 is 6.03 Å². The van der Waals surface area contributed by atoms with Crippen LogP contribution < -0.4 is 10.1 Å². The number of hydrogen-bond acceptors (Lipinski definition) is 2. The molecule has 114 valence electrons. The molecule has 0 saturated heterocycles. The lowest BCUT2D eigenvalue weighted by molar-refractivity contribution is 0.157. The molecule has 1 aromatic carbocycles. The van der Waals surface area contributed by atoms with Crippen molar-refractivity contribution in [1.82, 2.24) is 10.2 Å². The molecule has 4 heteroatoms. The number of carbonyl (C=O) groups excluding carboxylic acids is 1. The van der Waals surface area contributed by atoms with Gasteiger partial charge in [0.2, 0.25) is 0 Å². The fourth-order valence-electron chi connectivity index (χ4n) is 2.52. The van der Waals surface area contributed by atoms with Gasteiger partial charge < -0.3 is 15.0 Å². The third-order valence-electron chi connectivity index (χ3n) is 4.52. The Morgan fingerprint density at radius 2 is 2.05 bits per heavy atom. The van der Waals surface area contributed by atoms with Gasteiger partial charge in [-0.15, -0.1) is 0 Å². The molecule has 1 aromatic rings. The van der Waals surface area contributed by atoms with Gasteiger partial charge in [-0.25, -0.2) is 4.79 Å². The van der Waals surface area contributed by atoms with Crippen molar-refractivity contribution in [2.24, 2.45) is 5.92 Å². The van der Waals surface area contributed by atoms with Crippen LogP contribution in [0.2, 0.25) is 0 Å². The van der Waals surface area contributed by atoms with E-state index >= 15 is 0 Å². The van der Waals surface area contributed by atoms with E-state index in [2.05, 4.69) is 5.32 Å². The number of urea groups is 1. The van der Waals surface area contributed by atoms with Crippen molar-refractivity contribution in [2.75, 3.05) is 13.7 Å². The van der Waals surface area contributed by atoms with E-state index in [0.29, 0.717) is 12.6 Å². The molecular weight excluding hydrogens is 264 g/mol. The molecular formula is C17H24N2O2. The van der Waals surface area contributed by atoms with Crippen LogP contribution >= 0.6 is 0 Å². The topological polar surface area (TPSA) is 41.6 Å². The number of carbonyl (C=O) groups is 1. The highest BCUT2D eigenvalue weighted by molar-refractivity contribution is 5.74. The number of hydrogen-bond donors (Lipinski definition) is 1. The zero-order chi connectivity index (χ0) is 14.7. The van der Waals surface area contributed by atoms with Crippen LogP contribution in [-0.2, 0) is 6.54 Å². The Morgan fingerprint density at radius 3 is 2.71 bits per heavy atom. The van der Waals surface area contributed by atoms with Crippen LogP contribution in [0.3, 0.4) is 0 Å². The Hall–Kier alpha value is -1.71. The first-order valence-corrected chi connectivity index (χ1v) is 7.95. The number of amides is 2. The van der Waals surface area contributed by atoms with Gasteiger partial charge in [-0.3, -0.25) is 0 Å². The Balaban J connectivity index is 1.52. The molecule has 0 radical (unpaired) electrons. The van der Waals surface area contributed by atoms with E-state index in [1.54, 1.807) is 0 Å². The van der Waals surface area contributed by atoms with Crippen molar-refractivity contribution in [3.63, 3.8) is 0 Å². The first-order chi connectivity index (χ1) is 10.2. The second-order valence-electron chi connectivity index (χ2n) is 6.22. The summed E-state index contributed by atoms with van der Waals surface area (Å²) < 4.78 is 5.87. The van der Waals surface area contributed by atoms with Gasteiger partial charge in [0.25, 0.3) is 0 Å². The van der Waals surface area contributed by atoms with E-state index in [4.69, 9.17) is 4.74 Å².